The van der Waals surface area contributed by atoms with Crippen molar-refractivity contribution in [2.75, 3.05) is 0 Å². The molecule has 2 aliphatic carbocycles. The second-order valence-electron chi connectivity index (χ2n) is 16.0. The molecule has 0 aliphatic heterocycles. The first kappa shape index (κ1) is 40.3. The molecule has 6 aromatic rings. The van der Waals surface area contributed by atoms with Gasteiger partial charge in [-0.15, -0.1) is 28.8 Å². The van der Waals surface area contributed by atoms with Crippen LogP contribution in [-0.4, -0.2) is 15.9 Å². The van der Waals surface area contributed by atoms with Crippen molar-refractivity contribution in [2.45, 2.75) is 99.3 Å². The van der Waals surface area contributed by atoms with Gasteiger partial charge in [-0.2, -0.15) is 0 Å². The van der Waals surface area contributed by atoms with Crippen LogP contribution in [0, 0.1) is 16.9 Å². The monoisotopic (exact) mass is 905 g/mol. The van der Waals surface area contributed by atoms with E-state index in [9.17, 15) is 9.90 Å². The number of aliphatic hydroxyl groups excluding tert-OH is 1. The zero-order valence-electron chi connectivity index (χ0n) is 33.3. The summed E-state index contributed by atoms with van der Waals surface area (Å²) in [5.74, 6) is 0.286. The molecule has 55 heavy (non-hydrogen) atoms. The van der Waals surface area contributed by atoms with Gasteiger partial charge in [-0.05, 0) is 113 Å². The molecule has 0 unspecified atom stereocenters. The van der Waals surface area contributed by atoms with Crippen LogP contribution in [0.3, 0.4) is 0 Å². The Morgan fingerprint density at radius 1 is 0.691 bits per heavy atom. The number of rotatable bonds is 10. The molecule has 1 heterocycles. The minimum Gasteiger partial charge on any atom is -0.512 e. The second-order valence-corrected chi connectivity index (χ2v) is 16.0. The zero-order chi connectivity index (χ0) is 38.0. The Hall–Kier alpha value is -4.37. The van der Waals surface area contributed by atoms with Crippen molar-refractivity contribution < 1.29 is 30.0 Å². The molecular weight excluding hydrogens is 851 g/mol. The first-order chi connectivity index (χ1) is 26.1. The fourth-order valence-electron chi connectivity index (χ4n) is 8.32. The van der Waals surface area contributed by atoms with Gasteiger partial charge in [-0.25, -0.2) is 0 Å². The largest absolute Gasteiger partial charge is 0.512 e. The first-order valence-corrected chi connectivity index (χ1v) is 20.1. The van der Waals surface area contributed by atoms with Crippen molar-refractivity contribution in [3.05, 3.63) is 148 Å². The van der Waals surface area contributed by atoms with Gasteiger partial charge in [0.25, 0.3) is 0 Å². The Kier molecular flexibility index (Phi) is 12.3. The van der Waals surface area contributed by atoms with E-state index in [1.165, 1.54) is 72.1 Å². The van der Waals surface area contributed by atoms with Gasteiger partial charge in [0, 0.05) is 43.2 Å². The first-order valence-electron chi connectivity index (χ1n) is 20.1. The van der Waals surface area contributed by atoms with E-state index in [2.05, 4.69) is 97.1 Å². The molecule has 2 aliphatic rings. The molecule has 5 aromatic carbocycles. The van der Waals surface area contributed by atoms with Gasteiger partial charge in [0.15, 0.2) is 5.78 Å². The summed E-state index contributed by atoms with van der Waals surface area (Å²) in [5.41, 5.74) is 13.1. The Balaban J connectivity index is 0.000000246. The predicted molar refractivity (Wildman–Crippen MR) is 226 cm³/mol. The van der Waals surface area contributed by atoms with Crippen LogP contribution in [0.5, 0.6) is 0 Å². The SMILES string of the molecule is CCC(C)(CC)C(=O)/C=C(\O)C(C)(CC)CC.[Ir].[c-]1c(-c2nccc3c2ccc2ccc(Cc4ccccc4)cc23)cc2c3c1CCc1cccc(c1-3)CC2. The summed E-state index contributed by atoms with van der Waals surface area (Å²) >= 11 is 0. The van der Waals surface area contributed by atoms with Crippen LogP contribution in [-0.2, 0) is 57.0 Å². The Morgan fingerprint density at radius 2 is 1.35 bits per heavy atom. The third-order valence-electron chi connectivity index (χ3n) is 13.0. The normalized spacial score (nSPS) is 13.5. The van der Waals surface area contributed by atoms with Gasteiger partial charge < -0.3 is 10.1 Å². The molecule has 0 amide bonds. The molecule has 0 saturated carbocycles. The van der Waals surface area contributed by atoms with Crippen LogP contribution in [0.15, 0.2) is 109 Å². The minimum absolute atomic E-state index is 0. The number of pyridine rings is 1. The molecule has 1 radical (unpaired) electrons. The van der Waals surface area contributed by atoms with Crippen molar-refractivity contribution in [3.63, 3.8) is 0 Å². The number of aryl methyl sites for hydroxylation is 4. The molecule has 285 valence electrons. The molecule has 1 N–H and O–H groups in total. The smallest absolute Gasteiger partial charge is 0.164 e. The van der Waals surface area contributed by atoms with E-state index in [1.807, 2.05) is 47.7 Å². The van der Waals surface area contributed by atoms with E-state index in [4.69, 9.17) is 4.98 Å². The third-order valence-corrected chi connectivity index (χ3v) is 13.0. The number of fused-ring (bicyclic) bond motifs is 3. The van der Waals surface area contributed by atoms with E-state index in [1.54, 1.807) is 0 Å². The Bertz CT molecular complexity index is 2320. The Labute approximate surface area is 341 Å². The van der Waals surface area contributed by atoms with Crippen LogP contribution in [0.2, 0.25) is 0 Å². The van der Waals surface area contributed by atoms with E-state index >= 15 is 0 Å². The molecule has 0 atom stereocenters. The molecule has 0 bridgehead atoms. The van der Waals surface area contributed by atoms with Gasteiger partial charge in [0.1, 0.15) is 5.76 Å². The van der Waals surface area contributed by atoms with Crippen molar-refractivity contribution >= 4 is 27.3 Å². The number of ketones is 1. The van der Waals surface area contributed by atoms with E-state index in [0.717, 1.165) is 69.0 Å². The number of aliphatic hydroxyl groups is 1. The fourth-order valence-corrected chi connectivity index (χ4v) is 8.32. The molecule has 1 aromatic heterocycles. The molecule has 8 rings (SSSR count). The molecule has 0 fully saturated rings. The molecule has 0 spiro atoms. The summed E-state index contributed by atoms with van der Waals surface area (Å²) in [6.07, 6.45) is 12.1. The number of nitrogens with zero attached hydrogens (tertiary/aromatic N) is 1. The molecule has 3 nitrogen and oxygen atoms in total. The average Bonchev–Trinajstić information content (AvgIpc) is 3.22. The van der Waals surface area contributed by atoms with Gasteiger partial charge in [0.2, 0.25) is 0 Å². The maximum absolute atomic E-state index is 12.2. The summed E-state index contributed by atoms with van der Waals surface area (Å²) in [5, 5.41) is 15.2. The van der Waals surface area contributed by atoms with Gasteiger partial charge >= 0.3 is 0 Å². The van der Waals surface area contributed by atoms with Crippen molar-refractivity contribution in [1.82, 2.24) is 4.98 Å². The van der Waals surface area contributed by atoms with E-state index in [0.29, 0.717) is 0 Å². The standard InChI is InChI=1S/C36H26N.C15H28O2.Ir/c1-2-5-23(6-3-1)19-24-9-10-25-15-16-32-31(33(25)20-24)17-18-37-36(32)30-21-28-13-11-26-7-4-8-27-12-14-29(22-30)35(28)34(26)27;1-7-14(5,8-2)12(16)11-13(17)15(6,9-3)10-4;/h1-10,15-18,20-21H,11-14,19H2;11,16H,7-10H2,1-6H3;/q-1;;/b;12-11-;. The van der Waals surface area contributed by atoms with Crippen molar-refractivity contribution in [1.29, 1.82) is 0 Å². The topological polar surface area (TPSA) is 50.2 Å². The Morgan fingerprint density at radius 3 is 2.04 bits per heavy atom. The van der Waals surface area contributed by atoms with Crippen LogP contribution in [0.4, 0.5) is 0 Å². The summed E-state index contributed by atoms with van der Waals surface area (Å²) in [7, 11) is 0. The van der Waals surface area contributed by atoms with Crippen LogP contribution in [0.25, 0.3) is 43.9 Å². The van der Waals surface area contributed by atoms with Gasteiger partial charge in [0.05, 0.1) is 0 Å². The van der Waals surface area contributed by atoms with Crippen LogP contribution in [0.1, 0.15) is 101 Å². The maximum Gasteiger partial charge on any atom is 0.164 e. The van der Waals surface area contributed by atoms with E-state index < -0.39 is 0 Å². The number of carbonyl (C=O) groups is 1. The minimum atomic E-state index is -0.337. The number of hydrogen-bond acceptors (Lipinski definition) is 3. The fraction of sp³-hybridized carbons (Fsp3) is 0.333. The number of allylic oxidation sites excluding steroid dienone is 2. The zero-order valence-corrected chi connectivity index (χ0v) is 35.7. The van der Waals surface area contributed by atoms with Gasteiger partial charge in [-0.3, -0.25) is 4.79 Å². The third kappa shape index (κ3) is 7.87. The molecule has 0 saturated heterocycles. The molecule has 4 heteroatoms. The number of aromatic nitrogens is 1. The maximum atomic E-state index is 12.2. The summed E-state index contributed by atoms with van der Waals surface area (Å²) in [6, 6.07) is 37.4. The number of hydrogen-bond donors (Lipinski definition) is 1. The summed E-state index contributed by atoms with van der Waals surface area (Å²) < 4.78 is 0. The second kappa shape index (κ2) is 16.8. The van der Waals surface area contributed by atoms with Crippen LogP contribution >= 0.6 is 0 Å². The predicted octanol–water partition coefficient (Wildman–Crippen LogP) is 13.0. The number of benzene rings is 5. The quantitative estimate of drug-likeness (QED) is 0.0645. The van der Waals surface area contributed by atoms with Crippen LogP contribution < -0.4 is 0 Å². The molecular formula is C51H54IrNO2-. The van der Waals surface area contributed by atoms with E-state index in [-0.39, 0.29) is 42.5 Å². The number of carbonyl (C=O) groups excluding carboxylic acids is 1. The summed E-state index contributed by atoms with van der Waals surface area (Å²) in [4.78, 5) is 17.1. The average molecular weight is 905 g/mol. The van der Waals surface area contributed by atoms with Crippen molar-refractivity contribution in [2.24, 2.45) is 10.8 Å². The van der Waals surface area contributed by atoms with Crippen molar-refractivity contribution in [3.8, 4) is 22.4 Å². The summed E-state index contributed by atoms with van der Waals surface area (Å²) in [6.45, 7) is 12.1. The van der Waals surface area contributed by atoms with Gasteiger partial charge in [-0.1, -0.05) is 132 Å².